The van der Waals surface area contributed by atoms with Crippen LogP contribution in [0.15, 0.2) is 71.1 Å². The molecule has 0 unspecified atom stereocenters. The lowest BCUT2D eigenvalue weighted by Gasteiger charge is -2.08. The number of nitrogens with zero attached hydrogens (tertiary/aromatic N) is 2. The summed E-state index contributed by atoms with van der Waals surface area (Å²) in [7, 11) is 0. The number of aromatic nitrogens is 2. The fourth-order valence-corrected chi connectivity index (χ4v) is 2.92. The number of amides is 1. The number of hydrogen-bond acceptors (Lipinski definition) is 4. The van der Waals surface area contributed by atoms with Gasteiger partial charge in [0.25, 0.3) is 5.91 Å². The largest absolute Gasteiger partial charge is 0.416 e. The normalized spacial score (nSPS) is 10.7. The van der Waals surface area contributed by atoms with Crippen LogP contribution in [0.25, 0.3) is 22.9 Å². The molecule has 0 spiro atoms. The van der Waals surface area contributed by atoms with Crippen LogP contribution in [0.2, 0.25) is 0 Å². The van der Waals surface area contributed by atoms with E-state index in [2.05, 4.69) is 15.5 Å². The van der Waals surface area contributed by atoms with Crippen LogP contribution in [0, 0.1) is 19.7 Å². The smallest absolute Gasteiger partial charge is 0.255 e. The summed E-state index contributed by atoms with van der Waals surface area (Å²) in [6, 6.07) is 18.9. The van der Waals surface area contributed by atoms with Crippen LogP contribution in [0.5, 0.6) is 0 Å². The summed E-state index contributed by atoms with van der Waals surface area (Å²) in [5.41, 5.74) is 4.33. The lowest BCUT2D eigenvalue weighted by atomic mass is 10.1. The molecule has 1 N–H and O–H groups in total. The minimum atomic E-state index is -0.401. The summed E-state index contributed by atoms with van der Waals surface area (Å²) >= 11 is 0. The van der Waals surface area contributed by atoms with E-state index in [4.69, 9.17) is 4.42 Å². The van der Waals surface area contributed by atoms with E-state index in [0.29, 0.717) is 28.6 Å². The SMILES string of the molecule is Cc1cccc(-c2nnc(-c3ccc(C(=O)Nc4cc(F)ccc4C)cc3)o2)c1. The van der Waals surface area contributed by atoms with Gasteiger partial charge in [0.15, 0.2) is 0 Å². The highest BCUT2D eigenvalue weighted by atomic mass is 19.1. The summed E-state index contributed by atoms with van der Waals surface area (Å²) in [5, 5.41) is 10.9. The van der Waals surface area contributed by atoms with Crippen molar-refractivity contribution >= 4 is 11.6 Å². The average molecular weight is 387 g/mol. The molecule has 144 valence electrons. The highest BCUT2D eigenvalue weighted by Crippen LogP contribution is 2.25. The lowest BCUT2D eigenvalue weighted by molar-refractivity contribution is 0.102. The number of rotatable bonds is 4. The number of halogens is 1. The van der Waals surface area contributed by atoms with Crippen molar-refractivity contribution in [2.24, 2.45) is 0 Å². The van der Waals surface area contributed by atoms with Crippen molar-refractivity contribution in [2.45, 2.75) is 13.8 Å². The average Bonchev–Trinajstić information content (AvgIpc) is 3.21. The molecule has 1 aromatic heterocycles. The molecule has 4 rings (SSSR count). The Balaban J connectivity index is 1.52. The predicted molar refractivity (Wildman–Crippen MR) is 109 cm³/mol. The summed E-state index contributed by atoms with van der Waals surface area (Å²) in [6.07, 6.45) is 0. The first-order valence-corrected chi connectivity index (χ1v) is 9.08. The van der Waals surface area contributed by atoms with Crippen LogP contribution in [0.3, 0.4) is 0 Å². The first-order chi connectivity index (χ1) is 14.0. The Morgan fingerprint density at radius 1 is 0.897 bits per heavy atom. The van der Waals surface area contributed by atoms with Crippen molar-refractivity contribution in [3.63, 3.8) is 0 Å². The van der Waals surface area contributed by atoms with Crippen molar-refractivity contribution in [1.29, 1.82) is 0 Å². The van der Waals surface area contributed by atoms with Crippen molar-refractivity contribution in [3.05, 3.63) is 89.2 Å². The molecule has 0 saturated carbocycles. The van der Waals surface area contributed by atoms with E-state index in [1.807, 2.05) is 31.2 Å². The van der Waals surface area contributed by atoms with Gasteiger partial charge in [-0.05, 0) is 67.9 Å². The molecule has 0 aliphatic rings. The molecule has 0 bridgehead atoms. The van der Waals surface area contributed by atoms with Gasteiger partial charge in [-0.2, -0.15) is 0 Å². The molecule has 0 radical (unpaired) electrons. The molecule has 1 amide bonds. The first-order valence-electron chi connectivity index (χ1n) is 9.08. The molecule has 0 aliphatic carbocycles. The number of hydrogen-bond donors (Lipinski definition) is 1. The Labute approximate surface area is 167 Å². The number of carbonyl (C=O) groups is 1. The van der Waals surface area contributed by atoms with Gasteiger partial charge in [-0.15, -0.1) is 10.2 Å². The van der Waals surface area contributed by atoms with Crippen LogP contribution < -0.4 is 5.32 Å². The number of carbonyl (C=O) groups excluding carboxylic acids is 1. The maximum Gasteiger partial charge on any atom is 0.255 e. The molecule has 0 atom stereocenters. The number of nitrogens with one attached hydrogen (secondary N) is 1. The second-order valence-corrected chi connectivity index (χ2v) is 6.77. The summed E-state index contributed by atoms with van der Waals surface area (Å²) in [6.45, 7) is 3.80. The standard InChI is InChI=1S/C23H18FN3O2/c1-14-4-3-5-18(12-14)23-27-26-22(29-23)17-9-7-16(8-10-17)21(28)25-20-13-19(24)11-6-15(20)2/h3-13H,1-2H3,(H,25,28). The fraction of sp³-hybridized carbons (Fsp3) is 0.0870. The van der Waals surface area contributed by atoms with E-state index in [1.165, 1.54) is 12.1 Å². The first kappa shape index (κ1) is 18.6. The lowest BCUT2D eigenvalue weighted by Crippen LogP contribution is -2.12. The third kappa shape index (κ3) is 4.06. The van der Waals surface area contributed by atoms with E-state index in [1.54, 1.807) is 37.3 Å². The summed E-state index contributed by atoms with van der Waals surface area (Å²) in [5.74, 6) is 0.0832. The highest BCUT2D eigenvalue weighted by Gasteiger charge is 2.13. The second-order valence-electron chi connectivity index (χ2n) is 6.77. The zero-order valence-corrected chi connectivity index (χ0v) is 15.9. The van der Waals surface area contributed by atoms with Crippen molar-refractivity contribution in [2.75, 3.05) is 5.32 Å². The van der Waals surface area contributed by atoms with Gasteiger partial charge in [0.05, 0.1) is 0 Å². The molecule has 0 fully saturated rings. The molecule has 29 heavy (non-hydrogen) atoms. The van der Waals surface area contributed by atoms with Crippen LogP contribution in [-0.2, 0) is 0 Å². The second kappa shape index (κ2) is 7.67. The molecule has 5 nitrogen and oxygen atoms in total. The van der Waals surface area contributed by atoms with Crippen LogP contribution in [0.1, 0.15) is 21.5 Å². The molecule has 0 saturated heterocycles. The number of aryl methyl sites for hydroxylation is 2. The Morgan fingerprint density at radius 3 is 2.34 bits per heavy atom. The Hall–Kier alpha value is -3.80. The molecular formula is C23H18FN3O2. The third-order valence-corrected chi connectivity index (χ3v) is 4.53. The van der Waals surface area contributed by atoms with Gasteiger partial charge >= 0.3 is 0 Å². The molecule has 4 aromatic rings. The van der Waals surface area contributed by atoms with Gasteiger partial charge in [-0.1, -0.05) is 23.8 Å². The van der Waals surface area contributed by atoms with Crippen molar-refractivity contribution in [3.8, 4) is 22.9 Å². The Kier molecular flexibility index (Phi) is 4.91. The molecule has 6 heteroatoms. The number of anilines is 1. The quantitative estimate of drug-likeness (QED) is 0.508. The highest BCUT2D eigenvalue weighted by molar-refractivity contribution is 6.04. The molecule has 0 aliphatic heterocycles. The summed E-state index contributed by atoms with van der Waals surface area (Å²) < 4.78 is 19.2. The van der Waals surface area contributed by atoms with E-state index >= 15 is 0 Å². The van der Waals surface area contributed by atoms with Gasteiger partial charge < -0.3 is 9.73 Å². The number of benzene rings is 3. The summed E-state index contributed by atoms with van der Waals surface area (Å²) in [4.78, 5) is 12.5. The van der Waals surface area contributed by atoms with E-state index < -0.39 is 5.82 Å². The zero-order chi connectivity index (χ0) is 20.4. The van der Waals surface area contributed by atoms with E-state index in [9.17, 15) is 9.18 Å². The predicted octanol–water partition coefficient (Wildman–Crippen LogP) is 5.41. The van der Waals surface area contributed by atoms with Crippen LogP contribution in [-0.4, -0.2) is 16.1 Å². The van der Waals surface area contributed by atoms with Gasteiger partial charge in [0.2, 0.25) is 11.8 Å². The Bertz CT molecular complexity index is 1180. The fourth-order valence-electron chi connectivity index (χ4n) is 2.92. The van der Waals surface area contributed by atoms with Gasteiger partial charge in [0.1, 0.15) is 5.82 Å². The van der Waals surface area contributed by atoms with Crippen molar-refractivity contribution < 1.29 is 13.6 Å². The van der Waals surface area contributed by atoms with Crippen molar-refractivity contribution in [1.82, 2.24) is 10.2 Å². The third-order valence-electron chi connectivity index (χ3n) is 4.53. The minimum Gasteiger partial charge on any atom is -0.416 e. The van der Waals surface area contributed by atoms with E-state index in [-0.39, 0.29) is 5.91 Å². The van der Waals surface area contributed by atoms with Gasteiger partial charge in [-0.25, -0.2) is 4.39 Å². The maximum atomic E-state index is 13.4. The zero-order valence-electron chi connectivity index (χ0n) is 15.9. The van der Waals surface area contributed by atoms with Crippen LogP contribution in [0.4, 0.5) is 10.1 Å². The maximum absolute atomic E-state index is 13.4. The van der Waals surface area contributed by atoms with Crippen LogP contribution >= 0.6 is 0 Å². The molecular weight excluding hydrogens is 369 g/mol. The molecule has 3 aromatic carbocycles. The Morgan fingerprint density at radius 2 is 1.62 bits per heavy atom. The van der Waals surface area contributed by atoms with E-state index in [0.717, 1.165) is 16.7 Å². The topological polar surface area (TPSA) is 68.0 Å². The van der Waals surface area contributed by atoms with Gasteiger partial charge in [-0.3, -0.25) is 4.79 Å². The molecule has 1 heterocycles. The monoisotopic (exact) mass is 387 g/mol. The minimum absolute atomic E-state index is 0.323. The van der Waals surface area contributed by atoms with Gasteiger partial charge in [0, 0.05) is 22.4 Å².